The van der Waals surface area contributed by atoms with E-state index in [-0.39, 0.29) is 17.7 Å². The van der Waals surface area contributed by atoms with E-state index in [1.54, 1.807) is 6.08 Å². The molecule has 0 spiro atoms. The van der Waals surface area contributed by atoms with Crippen LogP contribution in [-0.2, 0) is 9.59 Å². The van der Waals surface area contributed by atoms with Crippen LogP contribution in [0.3, 0.4) is 0 Å². The molecule has 2 amide bonds. The quantitative estimate of drug-likeness (QED) is 0.617. The molecule has 0 aromatic carbocycles. The molecule has 0 bridgehead atoms. The Balaban J connectivity index is 2.01. The van der Waals surface area contributed by atoms with E-state index in [2.05, 4.69) is 17.2 Å². The van der Waals surface area contributed by atoms with Crippen molar-refractivity contribution in [2.24, 2.45) is 5.92 Å². The molecule has 5 heteroatoms. The zero-order valence-electron chi connectivity index (χ0n) is 13.2. The van der Waals surface area contributed by atoms with E-state index in [4.69, 9.17) is 0 Å². The van der Waals surface area contributed by atoms with Crippen LogP contribution in [-0.4, -0.2) is 19.1 Å². The highest BCUT2D eigenvalue weighted by molar-refractivity contribution is 6.43. The molecule has 22 heavy (non-hydrogen) atoms. The van der Waals surface area contributed by atoms with Crippen molar-refractivity contribution < 1.29 is 9.59 Å². The second kappa shape index (κ2) is 6.64. The number of carbonyl (C=O) groups excluding carboxylic acids is 2. The standard InChI is InChI=1S/C17H20BN2O2/c1-5-12-11(4)16(21)20-15(12)9-18-8-7-14-10(3)13(6-2)17(22)19-14/h5-7,9,11H,2,8H2,1,3-4H3,(H,19,22)(H,20,21)/b12-5+,14-7+,15-9+/t11-/m1/s1. The average Bonchev–Trinajstić information content (AvgIpc) is 2.92. The highest BCUT2D eigenvalue weighted by Crippen LogP contribution is 2.25. The van der Waals surface area contributed by atoms with E-state index >= 15 is 0 Å². The van der Waals surface area contributed by atoms with Crippen molar-refractivity contribution in [1.82, 2.24) is 10.6 Å². The summed E-state index contributed by atoms with van der Waals surface area (Å²) in [4.78, 5) is 23.3. The van der Waals surface area contributed by atoms with Crippen LogP contribution in [0.25, 0.3) is 0 Å². The fourth-order valence-electron chi connectivity index (χ4n) is 2.65. The summed E-state index contributed by atoms with van der Waals surface area (Å²) in [6, 6.07) is 0. The van der Waals surface area contributed by atoms with Gasteiger partial charge in [0.25, 0.3) is 5.91 Å². The van der Waals surface area contributed by atoms with E-state index in [9.17, 15) is 9.59 Å². The van der Waals surface area contributed by atoms with Crippen molar-refractivity contribution in [2.45, 2.75) is 27.1 Å². The van der Waals surface area contributed by atoms with Crippen LogP contribution >= 0.6 is 0 Å². The first-order chi connectivity index (χ1) is 10.5. The number of allylic oxidation sites excluding steroid dienone is 4. The van der Waals surface area contributed by atoms with Gasteiger partial charge in [0.2, 0.25) is 5.91 Å². The molecular formula is C17H20BN2O2. The largest absolute Gasteiger partial charge is 0.326 e. The maximum atomic E-state index is 11.7. The second-order valence-electron chi connectivity index (χ2n) is 5.32. The van der Waals surface area contributed by atoms with Crippen molar-refractivity contribution in [3.05, 3.63) is 58.9 Å². The van der Waals surface area contributed by atoms with Gasteiger partial charge in [-0.2, -0.15) is 0 Å². The number of hydrogen-bond donors (Lipinski definition) is 2. The fraction of sp³-hybridized carbons (Fsp3) is 0.294. The second-order valence-corrected chi connectivity index (χ2v) is 5.32. The first kappa shape index (κ1) is 16.1. The van der Waals surface area contributed by atoms with Crippen LogP contribution in [0.15, 0.2) is 58.9 Å². The molecule has 2 aliphatic rings. The lowest BCUT2D eigenvalue weighted by Crippen LogP contribution is -2.16. The summed E-state index contributed by atoms with van der Waals surface area (Å²) in [5, 5.41) is 5.70. The van der Waals surface area contributed by atoms with E-state index in [1.165, 1.54) is 0 Å². The lowest BCUT2D eigenvalue weighted by Gasteiger charge is -2.02. The minimum Gasteiger partial charge on any atom is -0.326 e. The summed E-state index contributed by atoms with van der Waals surface area (Å²) in [6.45, 7) is 9.37. The number of carbonyl (C=O) groups is 2. The summed E-state index contributed by atoms with van der Waals surface area (Å²) < 4.78 is 0. The van der Waals surface area contributed by atoms with Crippen LogP contribution in [0.2, 0.25) is 6.32 Å². The summed E-state index contributed by atoms with van der Waals surface area (Å²) >= 11 is 0. The normalized spacial score (nSPS) is 26.9. The maximum Gasteiger partial charge on any atom is 0.255 e. The third kappa shape index (κ3) is 2.98. The van der Waals surface area contributed by atoms with Gasteiger partial charge in [-0.05, 0) is 31.9 Å². The summed E-state index contributed by atoms with van der Waals surface area (Å²) in [5.74, 6) is 1.74. The number of nitrogens with one attached hydrogen (secondary N) is 2. The predicted molar refractivity (Wildman–Crippen MR) is 88.8 cm³/mol. The van der Waals surface area contributed by atoms with Crippen LogP contribution in [0.5, 0.6) is 0 Å². The van der Waals surface area contributed by atoms with Crippen molar-refractivity contribution in [3.63, 3.8) is 0 Å². The zero-order chi connectivity index (χ0) is 16.3. The van der Waals surface area contributed by atoms with Crippen molar-refractivity contribution >= 4 is 19.1 Å². The Bertz CT molecular complexity index is 646. The van der Waals surface area contributed by atoms with Crippen molar-refractivity contribution in [3.8, 4) is 0 Å². The lowest BCUT2D eigenvalue weighted by molar-refractivity contribution is -0.121. The summed E-state index contributed by atoms with van der Waals surface area (Å²) in [7, 11) is 1.97. The number of hydrogen-bond acceptors (Lipinski definition) is 2. The Morgan fingerprint density at radius 3 is 2.59 bits per heavy atom. The Hall–Kier alpha value is -2.30. The van der Waals surface area contributed by atoms with Gasteiger partial charge in [0, 0.05) is 17.0 Å². The minimum atomic E-state index is -0.106. The summed E-state index contributed by atoms with van der Waals surface area (Å²) in [6.07, 6.45) is 6.16. The molecule has 0 saturated carbocycles. The van der Waals surface area contributed by atoms with Crippen LogP contribution in [0.4, 0.5) is 0 Å². The minimum absolute atomic E-state index is 0.0311. The Labute approximate surface area is 132 Å². The highest BCUT2D eigenvalue weighted by Gasteiger charge is 2.28. The van der Waals surface area contributed by atoms with Gasteiger partial charge in [-0.25, -0.2) is 0 Å². The molecule has 2 heterocycles. The van der Waals surface area contributed by atoms with E-state index < -0.39 is 0 Å². The van der Waals surface area contributed by atoms with Crippen molar-refractivity contribution in [2.75, 3.05) is 0 Å². The Kier molecular flexibility index (Phi) is 4.86. The summed E-state index contributed by atoms with van der Waals surface area (Å²) in [5.41, 5.74) is 4.24. The topological polar surface area (TPSA) is 58.2 Å². The zero-order valence-corrected chi connectivity index (χ0v) is 13.2. The highest BCUT2D eigenvalue weighted by atomic mass is 16.2. The van der Waals surface area contributed by atoms with Crippen LogP contribution in [0, 0.1) is 5.92 Å². The molecule has 0 aromatic rings. The molecular weight excluding hydrogens is 275 g/mol. The van der Waals surface area contributed by atoms with Gasteiger partial charge < -0.3 is 10.6 Å². The smallest absolute Gasteiger partial charge is 0.255 e. The molecule has 2 rings (SSSR count). The maximum absolute atomic E-state index is 11.7. The molecule has 1 radical (unpaired) electrons. The molecule has 0 aromatic heterocycles. The molecule has 2 aliphatic heterocycles. The Morgan fingerprint density at radius 2 is 2.00 bits per heavy atom. The number of rotatable bonds is 4. The van der Waals surface area contributed by atoms with E-state index in [1.807, 2.05) is 46.2 Å². The van der Waals surface area contributed by atoms with Gasteiger partial charge in [0.1, 0.15) is 7.28 Å². The van der Waals surface area contributed by atoms with E-state index in [0.717, 1.165) is 22.5 Å². The third-order valence-corrected chi connectivity index (χ3v) is 3.99. The first-order valence-electron chi connectivity index (χ1n) is 7.35. The van der Waals surface area contributed by atoms with Gasteiger partial charge in [-0.15, -0.1) is 0 Å². The third-order valence-electron chi connectivity index (χ3n) is 3.99. The molecule has 113 valence electrons. The molecule has 1 atom stereocenters. The van der Waals surface area contributed by atoms with Gasteiger partial charge in [0.15, 0.2) is 0 Å². The van der Waals surface area contributed by atoms with Crippen molar-refractivity contribution in [1.29, 1.82) is 0 Å². The van der Waals surface area contributed by atoms with Gasteiger partial charge >= 0.3 is 0 Å². The predicted octanol–water partition coefficient (Wildman–Crippen LogP) is 2.18. The lowest BCUT2D eigenvalue weighted by atomic mass is 9.73. The van der Waals surface area contributed by atoms with Gasteiger partial charge in [-0.3, -0.25) is 9.59 Å². The van der Waals surface area contributed by atoms with Crippen LogP contribution < -0.4 is 10.6 Å². The molecule has 4 nitrogen and oxygen atoms in total. The molecule has 2 N–H and O–H groups in total. The Morgan fingerprint density at radius 1 is 1.27 bits per heavy atom. The fourth-order valence-corrected chi connectivity index (χ4v) is 2.65. The molecule has 1 saturated heterocycles. The average molecular weight is 295 g/mol. The van der Waals surface area contributed by atoms with Crippen LogP contribution in [0.1, 0.15) is 20.8 Å². The monoisotopic (exact) mass is 295 g/mol. The molecule has 1 fully saturated rings. The first-order valence-corrected chi connectivity index (χ1v) is 7.35. The molecule has 0 unspecified atom stereocenters. The van der Waals surface area contributed by atoms with Gasteiger partial charge in [0.05, 0.1) is 5.92 Å². The number of amides is 2. The van der Waals surface area contributed by atoms with Gasteiger partial charge in [-0.1, -0.05) is 37.1 Å². The molecule has 0 aliphatic carbocycles. The SMILES string of the molecule is C=CC1=C(C)/C(=C\C[B]/C=C2/NC(=O)[C@H](C)/C2=C\C)NC1=O. The van der Waals surface area contributed by atoms with E-state index in [0.29, 0.717) is 11.9 Å².